The molecule has 6 aliphatic rings. The first-order valence-electron chi connectivity index (χ1n) is 12.9. The lowest BCUT2D eigenvalue weighted by molar-refractivity contribution is -0.139. The van der Waals surface area contributed by atoms with E-state index < -0.39 is 6.10 Å². The molecule has 0 aromatic carbocycles. The van der Waals surface area contributed by atoms with Crippen molar-refractivity contribution in [2.75, 3.05) is 31.5 Å². The van der Waals surface area contributed by atoms with Gasteiger partial charge in [0, 0.05) is 25.2 Å². The number of aliphatic hydroxyl groups is 2. The highest BCUT2D eigenvalue weighted by atomic mass is 16.3. The number of amides is 2. The Labute approximate surface area is 199 Å². The number of carbonyl (C=O) groups excluding carboxylic acids is 2. The number of nitrogens with one attached hydrogen (secondary N) is 1. The Hall–Kier alpha value is -2.26. The van der Waals surface area contributed by atoms with Crippen molar-refractivity contribution in [2.24, 2.45) is 23.2 Å². The zero-order chi connectivity index (χ0) is 23.4. The zero-order valence-electron chi connectivity index (χ0n) is 19.7. The molecule has 2 amide bonds. The van der Waals surface area contributed by atoms with Crippen molar-refractivity contribution in [3.8, 4) is 0 Å². The fourth-order valence-corrected chi connectivity index (χ4v) is 7.88. The quantitative estimate of drug-likeness (QED) is 0.567. The molecule has 1 unspecified atom stereocenters. The molecule has 2 aliphatic heterocycles. The third-order valence-electron chi connectivity index (χ3n) is 9.14. The monoisotopic (exact) mass is 469 g/mol. The third-order valence-corrected chi connectivity index (χ3v) is 9.14. The molecule has 0 radical (unpaired) electrons. The van der Waals surface area contributed by atoms with E-state index in [1.807, 2.05) is 0 Å². The van der Waals surface area contributed by atoms with E-state index >= 15 is 0 Å². The van der Waals surface area contributed by atoms with Crippen LogP contribution in [0.5, 0.6) is 0 Å². The summed E-state index contributed by atoms with van der Waals surface area (Å²) in [6, 6.07) is 0. The summed E-state index contributed by atoms with van der Waals surface area (Å²) in [6.45, 7) is 1.64. The first-order chi connectivity index (χ1) is 16.4. The molecule has 3 heterocycles. The molecule has 1 aromatic heterocycles. The van der Waals surface area contributed by atoms with Gasteiger partial charge in [-0.15, -0.1) is 0 Å². The van der Waals surface area contributed by atoms with E-state index in [-0.39, 0.29) is 42.8 Å². The van der Waals surface area contributed by atoms with Gasteiger partial charge in [-0.25, -0.2) is 9.97 Å². The maximum atomic E-state index is 12.8. The summed E-state index contributed by atoms with van der Waals surface area (Å²) in [7, 11) is 0. The third kappa shape index (κ3) is 3.96. The molecule has 1 saturated heterocycles. The van der Waals surface area contributed by atoms with Crippen molar-refractivity contribution < 1.29 is 19.8 Å². The summed E-state index contributed by atoms with van der Waals surface area (Å²) < 4.78 is 0. The smallest absolute Gasteiger partial charge is 0.242 e. The Kier molecular flexibility index (Phi) is 5.52. The number of rotatable bonds is 6. The Morgan fingerprint density at radius 1 is 1.18 bits per heavy atom. The minimum Gasteiger partial charge on any atom is -0.391 e. The maximum Gasteiger partial charge on any atom is 0.242 e. The van der Waals surface area contributed by atoms with Crippen LogP contribution in [-0.2, 0) is 22.6 Å². The van der Waals surface area contributed by atoms with E-state index in [0.29, 0.717) is 26.1 Å². The molecular formula is C25H35N5O4. The fraction of sp³-hybridized carbons (Fsp3) is 0.760. The van der Waals surface area contributed by atoms with Crippen molar-refractivity contribution in [1.82, 2.24) is 19.8 Å². The van der Waals surface area contributed by atoms with Gasteiger partial charge >= 0.3 is 0 Å². The van der Waals surface area contributed by atoms with Gasteiger partial charge in [0.2, 0.25) is 11.8 Å². The molecule has 7 rings (SSSR count). The maximum absolute atomic E-state index is 12.8. The van der Waals surface area contributed by atoms with Crippen LogP contribution in [0.25, 0.3) is 0 Å². The summed E-state index contributed by atoms with van der Waals surface area (Å²) in [6.07, 6.45) is 8.77. The number of aliphatic hydroxyl groups excluding tert-OH is 2. The molecule has 184 valence electrons. The van der Waals surface area contributed by atoms with Crippen LogP contribution < -0.4 is 5.32 Å². The summed E-state index contributed by atoms with van der Waals surface area (Å²) in [5.74, 6) is 2.86. The highest BCUT2D eigenvalue weighted by molar-refractivity contribution is 5.86. The van der Waals surface area contributed by atoms with Gasteiger partial charge in [0.25, 0.3) is 0 Å². The number of anilines is 1. The first kappa shape index (κ1) is 22.2. The normalized spacial score (nSPS) is 34.9. The second-order valence-electron chi connectivity index (χ2n) is 11.5. The average Bonchev–Trinajstić information content (AvgIpc) is 3.12. The molecule has 3 N–H and O–H groups in total. The van der Waals surface area contributed by atoms with Gasteiger partial charge in [0.1, 0.15) is 12.1 Å². The fourth-order valence-electron chi connectivity index (χ4n) is 7.88. The molecule has 9 nitrogen and oxygen atoms in total. The Morgan fingerprint density at radius 2 is 1.88 bits per heavy atom. The van der Waals surface area contributed by atoms with Crippen LogP contribution in [0.3, 0.4) is 0 Å². The van der Waals surface area contributed by atoms with E-state index in [1.165, 1.54) is 49.8 Å². The summed E-state index contributed by atoms with van der Waals surface area (Å²) >= 11 is 0. The molecule has 9 heteroatoms. The molecule has 2 atom stereocenters. The lowest BCUT2D eigenvalue weighted by Gasteiger charge is -2.58. The number of fused-ring (bicyclic) bond motifs is 1. The van der Waals surface area contributed by atoms with Gasteiger partial charge in [0.05, 0.1) is 37.4 Å². The van der Waals surface area contributed by atoms with Gasteiger partial charge < -0.3 is 25.3 Å². The topological polar surface area (TPSA) is 119 Å². The number of hydrogen-bond donors (Lipinski definition) is 3. The molecule has 4 saturated carbocycles. The standard InChI is InChI=1S/C25H35N5O4/c31-18-6-22(33)30(11-18)13-23(34)29-2-1-19-20(12-29)27-14-28-24(19)26-10-21(32)25-7-15-3-16(8-25)5-17(4-15)9-25/h14-18,21,31-32H,1-13H2,(H,26,27,28)/t15?,16?,17?,18?,21-,25?/m1/s1. The van der Waals surface area contributed by atoms with Crippen molar-refractivity contribution in [3.63, 3.8) is 0 Å². The SMILES string of the molecule is O=C(CN1CC(O)CC1=O)N1CCc2c(ncnc2NC[C@@H](O)C23CC4CC(CC(C4)C2)C3)C1. The largest absolute Gasteiger partial charge is 0.391 e. The van der Waals surface area contributed by atoms with E-state index in [4.69, 9.17) is 0 Å². The Morgan fingerprint density at radius 3 is 2.53 bits per heavy atom. The van der Waals surface area contributed by atoms with Crippen LogP contribution in [0.15, 0.2) is 6.33 Å². The summed E-state index contributed by atoms with van der Waals surface area (Å²) in [5.41, 5.74) is 1.89. The van der Waals surface area contributed by atoms with Crippen LogP contribution >= 0.6 is 0 Å². The van der Waals surface area contributed by atoms with Gasteiger partial charge in [-0.05, 0) is 68.1 Å². The molecular weight excluding hydrogens is 434 g/mol. The Balaban J connectivity index is 1.09. The van der Waals surface area contributed by atoms with Crippen molar-refractivity contribution in [2.45, 2.75) is 70.1 Å². The number of aromatic nitrogens is 2. The predicted molar refractivity (Wildman–Crippen MR) is 123 cm³/mol. The van der Waals surface area contributed by atoms with E-state index in [9.17, 15) is 19.8 Å². The van der Waals surface area contributed by atoms with Crippen LogP contribution in [0.2, 0.25) is 0 Å². The van der Waals surface area contributed by atoms with E-state index in [0.717, 1.165) is 34.8 Å². The molecule has 34 heavy (non-hydrogen) atoms. The minimum absolute atomic E-state index is 0.00131. The number of hydrogen-bond acceptors (Lipinski definition) is 7. The second kappa shape index (κ2) is 8.45. The van der Waals surface area contributed by atoms with Crippen molar-refractivity contribution in [3.05, 3.63) is 17.6 Å². The van der Waals surface area contributed by atoms with Gasteiger partial charge in [-0.2, -0.15) is 0 Å². The van der Waals surface area contributed by atoms with Gasteiger partial charge in [-0.3, -0.25) is 9.59 Å². The van der Waals surface area contributed by atoms with Crippen LogP contribution in [-0.4, -0.2) is 80.2 Å². The van der Waals surface area contributed by atoms with Crippen LogP contribution in [0.1, 0.15) is 56.2 Å². The summed E-state index contributed by atoms with van der Waals surface area (Å²) in [4.78, 5) is 36.7. The molecule has 5 fully saturated rings. The second-order valence-corrected chi connectivity index (χ2v) is 11.5. The van der Waals surface area contributed by atoms with Crippen LogP contribution in [0.4, 0.5) is 5.82 Å². The minimum atomic E-state index is -0.683. The lowest BCUT2D eigenvalue weighted by atomic mass is 9.48. The Bertz CT molecular complexity index is 949. The number of carbonyl (C=O) groups is 2. The molecule has 1 aromatic rings. The lowest BCUT2D eigenvalue weighted by Crippen LogP contribution is -2.53. The van der Waals surface area contributed by atoms with Crippen molar-refractivity contribution >= 4 is 17.6 Å². The van der Waals surface area contributed by atoms with Gasteiger partial charge in [-0.1, -0.05) is 0 Å². The number of nitrogens with zero attached hydrogens (tertiary/aromatic N) is 4. The summed E-state index contributed by atoms with van der Waals surface area (Å²) in [5, 5.41) is 24.3. The van der Waals surface area contributed by atoms with Crippen molar-refractivity contribution in [1.29, 1.82) is 0 Å². The van der Waals surface area contributed by atoms with Gasteiger partial charge in [0.15, 0.2) is 0 Å². The number of β-amino-alcohol motifs (C(OH)–C–C–N with tert-alkyl or cyclic N) is 1. The number of likely N-dealkylation sites (tertiary alicyclic amines) is 1. The predicted octanol–water partition coefficient (Wildman–Crippen LogP) is 0.944. The first-order valence-corrected chi connectivity index (χ1v) is 12.9. The zero-order valence-corrected chi connectivity index (χ0v) is 19.7. The molecule has 4 bridgehead atoms. The highest BCUT2D eigenvalue weighted by Gasteiger charge is 2.53. The molecule has 4 aliphatic carbocycles. The van der Waals surface area contributed by atoms with E-state index in [1.54, 1.807) is 4.90 Å². The average molecular weight is 470 g/mol. The highest BCUT2D eigenvalue weighted by Crippen LogP contribution is 2.61. The van der Waals surface area contributed by atoms with Crippen LogP contribution in [0, 0.1) is 23.2 Å². The van der Waals surface area contributed by atoms with E-state index in [2.05, 4.69) is 15.3 Å². The molecule has 0 spiro atoms.